The van der Waals surface area contributed by atoms with Crippen molar-refractivity contribution in [1.29, 1.82) is 0 Å². The third kappa shape index (κ3) is 2.62. The average molecular weight is 476 g/mol. The summed E-state index contributed by atoms with van der Waals surface area (Å²) in [5.74, 6) is -0.153. The molecule has 1 N–H and O–H groups in total. The number of aromatic amines is 1. The van der Waals surface area contributed by atoms with Gasteiger partial charge < -0.3 is 4.98 Å². The maximum absolute atomic E-state index is 13.7. The highest BCUT2D eigenvalue weighted by Gasteiger charge is 2.69. The number of aromatic nitrogens is 2. The van der Waals surface area contributed by atoms with Gasteiger partial charge in [-0.2, -0.15) is 0 Å². The number of thiazole rings is 1. The van der Waals surface area contributed by atoms with Crippen LogP contribution in [-0.4, -0.2) is 27.0 Å². The van der Waals surface area contributed by atoms with Crippen LogP contribution in [0.25, 0.3) is 0 Å². The van der Waals surface area contributed by atoms with Crippen molar-refractivity contribution in [3.8, 4) is 0 Å². The van der Waals surface area contributed by atoms with Gasteiger partial charge in [-0.25, -0.2) is 0 Å². The highest BCUT2D eigenvalue weighted by molar-refractivity contribution is 8.00. The molecule has 4 heterocycles. The Morgan fingerprint density at radius 3 is 2.52 bits per heavy atom. The summed E-state index contributed by atoms with van der Waals surface area (Å²) in [6, 6.07) is 11.6. The van der Waals surface area contributed by atoms with Gasteiger partial charge in [-0.05, 0) is 54.9 Å². The van der Waals surface area contributed by atoms with Crippen LogP contribution in [0.2, 0.25) is 0 Å². The van der Waals surface area contributed by atoms with Gasteiger partial charge in [-0.1, -0.05) is 35.1 Å². The molecule has 166 valence electrons. The first kappa shape index (κ1) is 19.7. The summed E-state index contributed by atoms with van der Waals surface area (Å²) in [5, 5.41) is 1.13. The van der Waals surface area contributed by atoms with Gasteiger partial charge in [0.1, 0.15) is 0 Å². The molecule has 4 aliphatic rings. The standard InChI is InChI=1S/C25H21N3O3S2/c1-11-4-6-13(7-5-11)28-23(29)18-14-9-15(19(18)24(28)30)20-17(14)16(12-3-2-8-26-10-12)21-22(32-20)27-25(31)33-21/h2-8,10,14-20H,9H2,1H3,(H,27,31)/t14-,15-,16+,17-,18-,19+,20-/m1/s1. The van der Waals surface area contributed by atoms with E-state index < -0.39 is 0 Å². The number of rotatable bonds is 2. The first-order valence-electron chi connectivity index (χ1n) is 11.3. The lowest BCUT2D eigenvalue weighted by Gasteiger charge is -2.42. The van der Waals surface area contributed by atoms with Crippen LogP contribution >= 0.6 is 23.1 Å². The third-order valence-corrected chi connectivity index (χ3v) is 10.6. The predicted molar refractivity (Wildman–Crippen MR) is 126 cm³/mol. The van der Waals surface area contributed by atoms with Crippen LogP contribution in [0.15, 0.2) is 58.6 Å². The molecule has 1 aromatic carbocycles. The fraction of sp³-hybridized carbons (Fsp3) is 0.360. The van der Waals surface area contributed by atoms with E-state index in [1.165, 1.54) is 16.2 Å². The van der Waals surface area contributed by atoms with Crippen LogP contribution in [0.1, 0.15) is 28.3 Å². The van der Waals surface area contributed by atoms with Crippen molar-refractivity contribution in [3.63, 3.8) is 0 Å². The van der Waals surface area contributed by atoms with Crippen LogP contribution < -0.4 is 9.77 Å². The number of thioether (sulfide) groups is 1. The number of imide groups is 1. The van der Waals surface area contributed by atoms with Crippen LogP contribution in [0.3, 0.4) is 0 Å². The summed E-state index contributed by atoms with van der Waals surface area (Å²) in [6.45, 7) is 2.00. The van der Waals surface area contributed by atoms with Crippen LogP contribution in [0, 0.1) is 36.5 Å². The number of hydrogen-bond acceptors (Lipinski definition) is 6. The topological polar surface area (TPSA) is 83.1 Å². The van der Waals surface area contributed by atoms with Gasteiger partial charge in [0, 0.05) is 28.4 Å². The number of carbonyl (C=O) groups is 2. The highest BCUT2D eigenvalue weighted by atomic mass is 32.2. The number of nitrogens with zero attached hydrogens (tertiary/aromatic N) is 2. The molecule has 2 aromatic heterocycles. The quantitative estimate of drug-likeness (QED) is 0.570. The van der Waals surface area contributed by atoms with Crippen molar-refractivity contribution in [2.75, 3.05) is 4.90 Å². The second-order valence-corrected chi connectivity index (χ2v) is 11.8. The number of nitrogens with one attached hydrogen (secondary N) is 1. The first-order chi connectivity index (χ1) is 16.0. The van der Waals surface area contributed by atoms with Gasteiger partial charge in [-0.15, -0.1) is 11.8 Å². The van der Waals surface area contributed by atoms with Gasteiger partial charge in [0.05, 0.1) is 22.5 Å². The minimum absolute atomic E-state index is 0.0242. The fourth-order valence-corrected chi connectivity index (χ4v) is 9.79. The Hall–Kier alpha value is -2.71. The lowest BCUT2D eigenvalue weighted by molar-refractivity contribution is -0.123. The highest BCUT2D eigenvalue weighted by Crippen LogP contribution is 2.68. The Balaban J connectivity index is 1.33. The van der Waals surface area contributed by atoms with Crippen molar-refractivity contribution in [3.05, 3.63) is 74.5 Å². The number of fused-ring (bicyclic) bond motifs is 9. The number of H-pyrrole nitrogens is 1. The van der Waals surface area contributed by atoms with Crippen molar-refractivity contribution >= 4 is 40.6 Å². The molecule has 2 saturated carbocycles. The number of carbonyl (C=O) groups excluding carboxylic acids is 2. The van der Waals surface area contributed by atoms with Gasteiger partial charge in [0.15, 0.2) is 0 Å². The Labute approximate surface area is 198 Å². The van der Waals surface area contributed by atoms with E-state index in [0.717, 1.165) is 27.5 Å². The van der Waals surface area contributed by atoms with E-state index in [4.69, 9.17) is 0 Å². The number of benzene rings is 1. The number of amides is 2. The van der Waals surface area contributed by atoms with Crippen LogP contribution in [-0.2, 0) is 9.59 Å². The molecule has 3 fully saturated rings. The monoisotopic (exact) mass is 475 g/mol. The van der Waals surface area contributed by atoms with Gasteiger partial charge in [0.2, 0.25) is 11.8 Å². The first-order valence-corrected chi connectivity index (χ1v) is 13.0. The molecule has 33 heavy (non-hydrogen) atoms. The number of pyridine rings is 1. The molecule has 2 bridgehead atoms. The minimum Gasteiger partial charge on any atom is -0.307 e. The molecule has 0 radical (unpaired) electrons. The molecular formula is C25H21N3O3S2. The van der Waals surface area contributed by atoms with E-state index >= 15 is 0 Å². The van der Waals surface area contributed by atoms with E-state index in [9.17, 15) is 14.4 Å². The fourth-order valence-electron chi connectivity index (χ4n) is 6.90. The number of aryl methyl sites for hydroxylation is 1. The van der Waals surface area contributed by atoms with Crippen LogP contribution in [0.4, 0.5) is 5.69 Å². The summed E-state index contributed by atoms with van der Waals surface area (Å²) < 4.78 is 0. The van der Waals surface area contributed by atoms with Crippen LogP contribution in [0.5, 0.6) is 0 Å². The van der Waals surface area contributed by atoms with E-state index in [1.54, 1.807) is 18.0 Å². The summed E-state index contributed by atoms with van der Waals surface area (Å²) >= 11 is 2.99. The molecule has 2 amide bonds. The molecular weight excluding hydrogens is 454 g/mol. The average Bonchev–Trinajstić information content (AvgIpc) is 3.54. The summed E-state index contributed by atoms with van der Waals surface area (Å²) in [5.41, 5.74) is 2.85. The Morgan fingerprint density at radius 1 is 1.03 bits per heavy atom. The molecule has 7 rings (SSSR count). The molecule has 1 saturated heterocycles. The lowest BCUT2D eigenvalue weighted by Crippen LogP contribution is -2.42. The van der Waals surface area contributed by atoms with Crippen molar-refractivity contribution < 1.29 is 9.59 Å². The molecule has 0 unspecified atom stereocenters. The molecule has 6 nitrogen and oxygen atoms in total. The SMILES string of the molecule is Cc1ccc(N2C(=O)[C@@H]3[C@@H]4C[C@@H]([C@H]5Sc6[nH]c(=O)sc6[C@@H](c6cccnc6)[C@@H]45)[C@@H]3C2=O)cc1. The van der Waals surface area contributed by atoms with Gasteiger partial charge >= 0.3 is 4.87 Å². The molecule has 2 aliphatic carbocycles. The second kappa shape index (κ2) is 6.90. The lowest BCUT2D eigenvalue weighted by atomic mass is 9.68. The normalized spacial score (nSPS) is 33.8. The van der Waals surface area contributed by atoms with E-state index in [0.29, 0.717) is 5.69 Å². The summed E-state index contributed by atoms with van der Waals surface area (Å²) in [7, 11) is 0. The minimum atomic E-state index is -0.276. The van der Waals surface area contributed by atoms with E-state index in [2.05, 4.69) is 16.0 Å². The van der Waals surface area contributed by atoms with E-state index in [1.807, 2.05) is 43.5 Å². The third-order valence-electron chi connectivity index (χ3n) is 8.06. The molecule has 2 aliphatic heterocycles. The maximum Gasteiger partial charge on any atom is 0.305 e. The molecule has 0 spiro atoms. The van der Waals surface area contributed by atoms with Gasteiger partial charge in [-0.3, -0.25) is 24.3 Å². The van der Waals surface area contributed by atoms with Gasteiger partial charge in [0.25, 0.3) is 0 Å². The van der Waals surface area contributed by atoms with Crippen molar-refractivity contribution in [2.45, 2.75) is 29.5 Å². The molecule has 7 atom stereocenters. The summed E-state index contributed by atoms with van der Waals surface area (Å²) in [6.07, 6.45) is 4.54. The maximum atomic E-state index is 13.7. The Kier molecular flexibility index (Phi) is 4.13. The molecule has 8 heteroatoms. The number of hydrogen-bond donors (Lipinski definition) is 1. The zero-order valence-electron chi connectivity index (χ0n) is 17.8. The Morgan fingerprint density at radius 2 is 1.79 bits per heavy atom. The smallest absolute Gasteiger partial charge is 0.305 e. The predicted octanol–water partition coefficient (Wildman–Crippen LogP) is 3.82. The zero-order chi connectivity index (χ0) is 22.4. The largest absolute Gasteiger partial charge is 0.307 e. The number of anilines is 1. The second-order valence-electron chi connectivity index (χ2n) is 9.59. The van der Waals surface area contributed by atoms with Crippen molar-refractivity contribution in [2.24, 2.45) is 29.6 Å². The van der Waals surface area contributed by atoms with E-state index in [-0.39, 0.29) is 57.4 Å². The summed E-state index contributed by atoms with van der Waals surface area (Å²) in [4.78, 5) is 49.3. The van der Waals surface area contributed by atoms with Crippen molar-refractivity contribution in [1.82, 2.24) is 9.97 Å². The zero-order valence-corrected chi connectivity index (χ0v) is 19.4. The Bertz CT molecular complexity index is 1350. The molecule has 3 aromatic rings.